The molecule has 2 amide bonds. The standard InChI is InChI=1S/C13H19N3O2S/c1-3-9(2)12-13(18)16(8-10(17)15-12)6-4-11-14-5-7-19-11/h5,7,9,12H,3-4,6,8H2,1-2H3,(H,15,17). The molecule has 0 saturated carbocycles. The summed E-state index contributed by atoms with van der Waals surface area (Å²) in [5.74, 6) is 0.133. The van der Waals surface area contributed by atoms with Gasteiger partial charge in [0.05, 0.1) is 11.6 Å². The van der Waals surface area contributed by atoms with Gasteiger partial charge in [-0.25, -0.2) is 4.98 Å². The van der Waals surface area contributed by atoms with Crippen LogP contribution < -0.4 is 5.32 Å². The molecule has 2 heterocycles. The molecule has 1 N–H and O–H groups in total. The first-order valence-corrected chi connectivity index (χ1v) is 7.46. The molecular formula is C13H19N3O2S. The van der Waals surface area contributed by atoms with E-state index in [1.54, 1.807) is 22.4 Å². The summed E-state index contributed by atoms with van der Waals surface area (Å²) in [6, 6.07) is -0.373. The van der Waals surface area contributed by atoms with Crippen LogP contribution >= 0.6 is 11.3 Å². The van der Waals surface area contributed by atoms with Crippen molar-refractivity contribution < 1.29 is 9.59 Å². The molecule has 1 aliphatic heterocycles. The van der Waals surface area contributed by atoms with Crippen molar-refractivity contribution >= 4 is 23.2 Å². The number of thiazole rings is 1. The number of carbonyl (C=O) groups excluding carboxylic acids is 2. The highest BCUT2D eigenvalue weighted by Gasteiger charge is 2.35. The third kappa shape index (κ3) is 3.32. The van der Waals surface area contributed by atoms with Crippen molar-refractivity contribution in [3.05, 3.63) is 16.6 Å². The molecule has 0 aliphatic carbocycles. The van der Waals surface area contributed by atoms with E-state index in [-0.39, 0.29) is 30.3 Å². The monoisotopic (exact) mass is 281 g/mol. The quantitative estimate of drug-likeness (QED) is 0.878. The number of rotatable bonds is 5. The van der Waals surface area contributed by atoms with Gasteiger partial charge in [0.2, 0.25) is 11.8 Å². The molecule has 1 aromatic rings. The first-order valence-electron chi connectivity index (χ1n) is 6.58. The number of piperazine rings is 1. The number of carbonyl (C=O) groups is 2. The fourth-order valence-electron chi connectivity index (χ4n) is 2.15. The molecule has 2 unspecified atom stereocenters. The number of nitrogens with zero attached hydrogens (tertiary/aromatic N) is 2. The molecule has 19 heavy (non-hydrogen) atoms. The van der Waals surface area contributed by atoms with E-state index in [4.69, 9.17) is 0 Å². The van der Waals surface area contributed by atoms with Crippen LogP contribution in [0.15, 0.2) is 11.6 Å². The number of aromatic nitrogens is 1. The van der Waals surface area contributed by atoms with Gasteiger partial charge >= 0.3 is 0 Å². The second-order valence-corrected chi connectivity index (χ2v) is 5.85. The van der Waals surface area contributed by atoms with E-state index in [2.05, 4.69) is 10.3 Å². The van der Waals surface area contributed by atoms with Gasteiger partial charge in [-0.2, -0.15) is 0 Å². The van der Waals surface area contributed by atoms with Crippen LogP contribution in [0.25, 0.3) is 0 Å². The van der Waals surface area contributed by atoms with Crippen LogP contribution in [-0.4, -0.2) is 40.8 Å². The van der Waals surface area contributed by atoms with Gasteiger partial charge in [-0.05, 0) is 5.92 Å². The van der Waals surface area contributed by atoms with Crippen LogP contribution in [0, 0.1) is 5.92 Å². The van der Waals surface area contributed by atoms with Crippen molar-refractivity contribution in [1.82, 2.24) is 15.2 Å². The van der Waals surface area contributed by atoms with Gasteiger partial charge in [-0.1, -0.05) is 20.3 Å². The van der Waals surface area contributed by atoms with Gasteiger partial charge < -0.3 is 10.2 Å². The Morgan fingerprint density at radius 1 is 1.58 bits per heavy atom. The molecule has 6 heteroatoms. The van der Waals surface area contributed by atoms with E-state index in [0.29, 0.717) is 13.0 Å². The van der Waals surface area contributed by atoms with Gasteiger partial charge in [-0.3, -0.25) is 9.59 Å². The Balaban J connectivity index is 1.99. The Morgan fingerprint density at radius 3 is 3.00 bits per heavy atom. The van der Waals surface area contributed by atoms with Crippen LogP contribution in [0.1, 0.15) is 25.3 Å². The average Bonchev–Trinajstić information content (AvgIpc) is 2.91. The normalized spacial score (nSPS) is 21.4. The van der Waals surface area contributed by atoms with Crippen LogP contribution in [0.5, 0.6) is 0 Å². The number of nitrogens with one attached hydrogen (secondary N) is 1. The molecule has 0 bridgehead atoms. The lowest BCUT2D eigenvalue weighted by molar-refractivity contribution is -0.145. The van der Waals surface area contributed by atoms with Gasteiger partial charge in [0.1, 0.15) is 6.04 Å². The largest absolute Gasteiger partial charge is 0.342 e. The summed E-state index contributed by atoms with van der Waals surface area (Å²) in [6.07, 6.45) is 3.34. The van der Waals surface area contributed by atoms with E-state index >= 15 is 0 Å². The molecule has 5 nitrogen and oxygen atoms in total. The lowest BCUT2D eigenvalue weighted by Gasteiger charge is -2.35. The fraction of sp³-hybridized carbons (Fsp3) is 0.615. The summed E-state index contributed by atoms with van der Waals surface area (Å²) < 4.78 is 0. The summed E-state index contributed by atoms with van der Waals surface area (Å²) in [4.78, 5) is 29.9. The lowest BCUT2D eigenvalue weighted by Crippen LogP contribution is -2.60. The molecular weight excluding hydrogens is 262 g/mol. The highest BCUT2D eigenvalue weighted by Crippen LogP contribution is 2.15. The second kappa shape index (κ2) is 6.14. The Hall–Kier alpha value is -1.43. The van der Waals surface area contributed by atoms with Gasteiger partial charge in [-0.15, -0.1) is 11.3 Å². The Bertz CT molecular complexity index is 447. The first kappa shape index (κ1) is 14.0. The molecule has 1 aromatic heterocycles. The minimum absolute atomic E-state index is 0.0329. The van der Waals surface area contributed by atoms with Crippen molar-refractivity contribution in [2.45, 2.75) is 32.7 Å². The van der Waals surface area contributed by atoms with E-state index in [0.717, 1.165) is 11.4 Å². The minimum atomic E-state index is -0.373. The van der Waals surface area contributed by atoms with Crippen molar-refractivity contribution in [3.63, 3.8) is 0 Å². The maximum Gasteiger partial charge on any atom is 0.245 e. The maximum absolute atomic E-state index is 12.3. The Kier molecular flexibility index (Phi) is 4.52. The predicted molar refractivity (Wildman–Crippen MR) is 73.8 cm³/mol. The molecule has 2 rings (SSSR count). The number of hydrogen-bond donors (Lipinski definition) is 1. The van der Waals surface area contributed by atoms with Crippen molar-refractivity contribution in [2.24, 2.45) is 5.92 Å². The van der Waals surface area contributed by atoms with Gasteiger partial charge in [0, 0.05) is 24.5 Å². The van der Waals surface area contributed by atoms with Crippen molar-refractivity contribution in [2.75, 3.05) is 13.1 Å². The molecule has 0 aromatic carbocycles. The maximum atomic E-state index is 12.3. The highest BCUT2D eigenvalue weighted by molar-refractivity contribution is 7.09. The van der Waals surface area contributed by atoms with Crippen LogP contribution in [0.4, 0.5) is 0 Å². The molecule has 0 spiro atoms. The average molecular weight is 281 g/mol. The van der Waals surface area contributed by atoms with Crippen molar-refractivity contribution in [3.8, 4) is 0 Å². The third-order valence-corrected chi connectivity index (χ3v) is 4.36. The zero-order valence-electron chi connectivity index (χ0n) is 11.3. The topological polar surface area (TPSA) is 62.3 Å². The van der Waals surface area contributed by atoms with E-state index in [1.165, 1.54) is 0 Å². The summed E-state index contributed by atoms with van der Waals surface area (Å²) in [7, 11) is 0. The molecule has 1 saturated heterocycles. The van der Waals surface area contributed by atoms with Crippen LogP contribution in [0.3, 0.4) is 0 Å². The number of amides is 2. The summed E-state index contributed by atoms with van der Waals surface area (Å²) in [6.45, 7) is 4.75. The first-order chi connectivity index (χ1) is 9.11. The summed E-state index contributed by atoms with van der Waals surface area (Å²) in [5, 5.41) is 5.71. The van der Waals surface area contributed by atoms with E-state index in [1.807, 2.05) is 19.2 Å². The number of hydrogen-bond acceptors (Lipinski definition) is 4. The molecule has 2 atom stereocenters. The molecule has 0 radical (unpaired) electrons. The molecule has 1 fully saturated rings. The summed E-state index contributed by atoms with van der Waals surface area (Å²) in [5.41, 5.74) is 0. The SMILES string of the molecule is CCC(C)C1NC(=O)CN(CCc2nccs2)C1=O. The second-order valence-electron chi connectivity index (χ2n) is 4.87. The summed E-state index contributed by atoms with van der Waals surface area (Å²) >= 11 is 1.58. The fourth-order valence-corrected chi connectivity index (χ4v) is 2.76. The van der Waals surface area contributed by atoms with Gasteiger partial charge in [0.15, 0.2) is 0 Å². The molecule has 104 valence electrons. The lowest BCUT2D eigenvalue weighted by atomic mass is 9.96. The zero-order chi connectivity index (χ0) is 13.8. The van der Waals surface area contributed by atoms with Crippen LogP contribution in [-0.2, 0) is 16.0 Å². The smallest absolute Gasteiger partial charge is 0.245 e. The Labute approximate surface area is 117 Å². The zero-order valence-corrected chi connectivity index (χ0v) is 12.1. The van der Waals surface area contributed by atoms with E-state index < -0.39 is 0 Å². The van der Waals surface area contributed by atoms with Crippen LogP contribution in [0.2, 0.25) is 0 Å². The predicted octanol–water partition coefficient (Wildman–Crippen LogP) is 1.06. The highest BCUT2D eigenvalue weighted by atomic mass is 32.1. The van der Waals surface area contributed by atoms with Crippen molar-refractivity contribution in [1.29, 1.82) is 0 Å². The van der Waals surface area contributed by atoms with Gasteiger partial charge in [0.25, 0.3) is 0 Å². The molecule has 1 aliphatic rings. The third-order valence-electron chi connectivity index (χ3n) is 3.52. The minimum Gasteiger partial charge on any atom is -0.342 e. The Morgan fingerprint density at radius 2 is 2.37 bits per heavy atom. The van der Waals surface area contributed by atoms with E-state index in [9.17, 15) is 9.59 Å².